The normalized spacial score (nSPS) is 19.6. The van der Waals surface area contributed by atoms with E-state index in [2.05, 4.69) is 23.7 Å². The Labute approximate surface area is 118 Å². The molecule has 1 heterocycles. The molecule has 0 bridgehead atoms. The highest BCUT2D eigenvalue weighted by Gasteiger charge is 2.14. The van der Waals surface area contributed by atoms with Gasteiger partial charge < -0.3 is 15.4 Å². The lowest BCUT2D eigenvalue weighted by molar-refractivity contribution is 0.0266. The third kappa shape index (κ3) is 6.28. The molecule has 0 amide bonds. The van der Waals surface area contributed by atoms with E-state index in [4.69, 9.17) is 10.5 Å². The first-order valence-electron chi connectivity index (χ1n) is 7.81. The Kier molecular flexibility index (Phi) is 7.87. The molecule has 1 aliphatic rings. The van der Waals surface area contributed by atoms with Crippen LogP contribution in [-0.4, -0.2) is 43.2 Å². The molecule has 1 unspecified atom stereocenters. The van der Waals surface area contributed by atoms with Crippen molar-refractivity contribution in [2.45, 2.75) is 59.0 Å². The van der Waals surface area contributed by atoms with Gasteiger partial charge in [0.2, 0.25) is 0 Å². The van der Waals surface area contributed by atoms with Crippen LogP contribution >= 0.6 is 0 Å². The minimum absolute atomic E-state index is 0.297. The Bertz CT molecular complexity index is 258. The minimum atomic E-state index is 0.297. The highest BCUT2D eigenvalue weighted by atomic mass is 16.5. The van der Waals surface area contributed by atoms with Crippen LogP contribution in [-0.2, 0) is 4.74 Å². The topological polar surface area (TPSA) is 50.9 Å². The van der Waals surface area contributed by atoms with Gasteiger partial charge in [0.25, 0.3) is 0 Å². The number of likely N-dealkylation sites (tertiary alicyclic amines) is 1. The first-order chi connectivity index (χ1) is 9.15. The summed E-state index contributed by atoms with van der Waals surface area (Å²) >= 11 is 0. The Morgan fingerprint density at radius 1 is 1.21 bits per heavy atom. The third-order valence-corrected chi connectivity index (χ3v) is 3.74. The molecule has 4 nitrogen and oxygen atoms in total. The lowest BCUT2D eigenvalue weighted by atomic mass is 10.0. The van der Waals surface area contributed by atoms with Crippen molar-refractivity contribution in [3.63, 3.8) is 0 Å². The standard InChI is InChI=1S/C15H31N3O/c1-4-19-14(13(2)3)9-10-17-15(16)18-11-7-5-6-8-12-18/h13-14H,4-12H2,1-3H3,(H2,16,17). The Morgan fingerprint density at radius 3 is 2.37 bits per heavy atom. The van der Waals surface area contributed by atoms with Crippen LogP contribution in [0.5, 0.6) is 0 Å². The van der Waals surface area contributed by atoms with Crippen molar-refractivity contribution in [2.24, 2.45) is 16.6 Å². The van der Waals surface area contributed by atoms with E-state index in [1.54, 1.807) is 0 Å². The van der Waals surface area contributed by atoms with Crippen LogP contribution in [0.1, 0.15) is 52.9 Å². The van der Waals surface area contributed by atoms with Gasteiger partial charge in [-0.1, -0.05) is 26.7 Å². The molecule has 19 heavy (non-hydrogen) atoms. The molecular weight excluding hydrogens is 238 g/mol. The zero-order valence-electron chi connectivity index (χ0n) is 12.9. The number of ether oxygens (including phenoxy) is 1. The average molecular weight is 269 g/mol. The second-order valence-corrected chi connectivity index (χ2v) is 5.67. The van der Waals surface area contributed by atoms with Crippen molar-refractivity contribution in [1.29, 1.82) is 0 Å². The van der Waals surface area contributed by atoms with Gasteiger partial charge in [0.1, 0.15) is 0 Å². The molecule has 112 valence electrons. The highest BCUT2D eigenvalue weighted by Crippen LogP contribution is 2.12. The summed E-state index contributed by atoms with van der Waals surface area (Å²) in [7, 11) is 0. The lowest BCUT2D eigenvalue weighted by Gasteiger charge is -2.22. The first kappa shape index (κ1) is 16.3. The molecule has 0 saturated carbocycles. The average Bonchev–Trinajstić information content (AvgIpc) is 2.66. The van der Waals surface area contributed by atoms with E-state index in [1.807, 2.05) is 6.92 Å². The van der Waals surface area contributed by atoms with Crippen LogP contribution in [0, 0.1) is 5.92 Å². The second kappa shape index (κ2) is 9.18. The van der Waals surface area contributed by atoms with Crippen LogP contribution in [0.15, 0.2) is 4.99 Å². The number of nitrogens with zero attached hydrogens (tertiary/aromatic N) is 2. The minimum Gasteiger partial charge on any atom is -0.378 e. The van der Waals surface area contributed by atoms with E-state index >= 15 is 0 Å². The number of hydrogen-bond donors (Lipinski definition) is 1. The van der Waals surface area contributed by atoms with Gasteiger partial charge >= 0.3 is 0 Å². The maximum Gasteiger partial charge on any atom is 0.191 e. The van der Waals surface area contributed by atoms with Gasteiger partial charge in [-0.15, -0.1) is 0 Å². The van der Waals surface area contributed by atoms with Crippen LogP contribution in [0.4, 0.5) is 0 Å². The summed E-state index contributed by atoms with van der Waals surface area (Å²) in [5, 5.41) is 0. The van der Waals surface area contributed by atoms with Crippen molar-refractivity contribution in [3.8, 4) is 0 Å². The SMILES string of the molecule is CCOC(CCN=C(N)N1CCCCCC1)C(C)C. The van der Waals surface area contributed by atoms with Gasteiger partial charge in [-0.05, 0) is 32.1 Å². The molecule has 1 atom stereocenters. The van der Waals surface area contributed by atoms with Gasteiger partial charge in [0.15, 0.2) is 5.96 Å². The van der Waals surface area contributed by atoms with E-state index in [0.717, 1.165) is 38.6 Å². The van der Waals surface area contributed by atoms with Crippen molar-refractivity contribution in [3.05, 3.63) is 0 Å². The lowest BCUT2D eigenvalue weighted by Crippen LogP contribution is -2.38. The summed E-state index contributed by atoms with van der Waals surface area (Å²) in [6, 6.07) is 0. The summed E-state index contributed by atoms with van der Waals surface area (Å²) in [6.45, 7) is 10.1. The fourth-order valence-corrected chi connectivity index (χ4v) is 2.53. The summed E-state index contributed by atoms with van der Waals surface area (Å²) in [5.41, 5.74) is 6.09. The largest absolute Gasteiger partial charge is 0.378 e. The number of guanidine groups is 1. The molecule has 1 fully saturated rings. The number of nitrogens with two attached hydrogens (primary N) is 1. The Balaban J connectivity index is 2.36. The molecule has 2 N–H and O–H groups in total. The zero-order chi connectivity index (χ0) is 14.1. The van der Waals surface area contributed by atoms with Crippen molar-refractivity contribution >= 4 is 5.96 Å². The molecule has 0 aromatic rings. The summed E-state index contributed by atoms with van der Waals surface area (Å²) in [6.07, 6.45) is 6.38. The molecule has 1 rings (SSSR count). The van der Waals surface area contributed by atoms with Crippen LogP contribution in [0.3, 0.4) is 0 Å². The summed E-state index contributed by atoms with van der Waals surface area (Å²) < 4.78 is 5.73. The quantitative estimate of drug-likeness (QED) is 0.596. The van der Waals surface area contributed by atoms with Crippen molar-refractivity contribution in [1.82, 2.24) is 4.90 Å². The summed E-state index contributed by atoms with van der Waals surface area (Å²) in [5.74, 6) is 1.26. The number of rotatable bonds is 6. The van der Waals surface area contributed by atoms with Gasteiger partial charge in [0, 0.05) is 26.2 Å². The molecule has 1 saturated heterocycles. The fraction of sp³-hybridized carbons (Fsp3) is 0.933. The van der Waals surface area contributed by atoms with Gasteiger partial charge in [0.05, 0.1) is 6.10 Å². The third-order valence-electron chi connectivity index (χ3n) is 3.74. The summed E-state index contributed by atoms with van der Waals surface area (Å²) in [4.78, 5) is 6.77. The van der Waals surface area contributed by atoms with E-state index < -0.39 is 0 Å². The van der Waals surface area contributed by atoms with Crippen LogP contribution in [0.25, 0.3) is 0 Å². The first-order valence-corrected chi connectivity index (χ1v) is 7.81. The van der Waals surface area contributed by atoms with Gasteiger partial charge in [-0.25, -0.2) is 0 Å². The maximum absolute atomic E-state index is 6.09. The Hall–Kier alpha value is -0.770. The molecule has 0 radical (unpaired) electrons. The predicted molar refractivity (Wildman–Crippen MR) is 81.4 cm³/mol. The maximum atomic E-state index is 6.09. The van der Waals surface area contributed by atoms with E-state index in [-0.39, 0.29) is 0 Å². The van der Waals surface area contributed by atoms with E-state index in [1.165, 1.54) is 25.7 Å². The number of aliphatic imine (C=N–C) groups is 1. The Morgan fingerprint density at radius 2 is 1.84 bits per heavy atom. The monoisotopic (exact) mass is 269 g/mol. The number of hydrogen-bond acceptors (Lipinski definition) is 2. The predicted octanol–water partition coefficient (Wildman–Crippen LogP) is 2.63. The zero-order valence-corrected chi connectivity index (χ0v) is 12.9. The smallest absolute Gasteiger partial charge is 0.191 e. The molecule has 0 spiro atoms. The molecule has 1 aliphatic heterocycles. The molecule has 0 aromatic heterocycles. The van der Waals surface area contributed by atoms with Gasteiger partial charge in [-0.2, -0.15) is 0 Å². The van der Waals surface area contributed by atoms with Crippen LogP contribution in [0.2, 0.25) is 0 Å². The van der Waals surface area contributed by atoms with Crippen molar-refractivity contribution < 1.29 is 4.74 Å². The van der Waals surface area contributed by atoms with E-state index in [0.29, 0.717) is 12.0 Å². The van der Waals surface area contributed by atoms with Crippen LogP contribution < -0.4 is 5.73 Å². The van der Waals surface area contributed by atoms with E-state index in [9.17, 15) is 0 Å². The fourth-order valence-electron chi connectivity index (χ4n) is 2.53. The second-order valence-electron chi connectivity index (χ2n) is 5.67. The molecule has 4 heteroatoms. The van der Waals surface area contributed by atoms with Crippen molar-refractivity contribution in [2.75, 3.05) is 26.2 Å². The van der Waals surface area contributed by atoms with Gasteiger partial charge in [-0.3, -0.25) is 4.99 Å². The molecule has 0 aliphatic carbocycles. The highest BCUT2D eigenvalue weighted by molar-refractivity contribution is 5.78. The molecule has 0 aromatic carbocycles. The molecular formula is C15H31N3O.